The number of aromatic amines is 1. The summed E-state index contributed by atoms with van der Waals surface area (Å²) in [5, 5.41) is 0. The van der Waals surface area contributed by atoms with E-state index < -0.39 is 0 Å². The van der Waals surface area contributed by atoms with Crippen LogP contribution in [-0.4, -0.2) is 56.0 Å². The van der Waals surface area contributed by atoms with Gasteiger partial charge in [-0.2, -0.15) is 0 Å². The van der Waals surface area contributed by atoms with Crippen molar-refractivity contribution in [3.63, 3.8) is 0 Å². The number of nitrogens with zero attached hydrogens (tertiary/aromatic N) is 2. The van der Waals surface area contributed by atoms with Crippen LogP contribution in [-0.2, 0) is 14.3 Å². The Hall–Kier alpha value is -2.09. The summed E-state index contributed by atoms with van der Waals surface area (Å²) in [6.07, 6.45) is 1.20. The lowest BCUT2D eigenvalue weighted by molar-refractivity contribution is -0.144. The molecule has 8 nitrogen and oxygen atoms in total. The van der Waals surface area contributed by atoms with Gasteiger partial charge < -0.3 is 24.1 Å². The highest BCUT2D eigenvalue weighted by Crippen LogP contribution is 2.23. The van der Waals surface area contributed by atoms with Crippen LogP contribution in [0.4, 0.5) is 5.82 Å². The normalized spacial score (nSPS) is 18.7. The zero-order valence-corrected chi connectivity index (χ0v) is 11.4. The summed E-state index contributed by atoms with van der Waals surface area (Å²) in [6, 6.07) is 0. The summed E-state index contributed by atoms with van der Waals surface area (Å²) in [5.41, 5.74) is -0.339. The molecule has 0 spiro atoms. The maximum absolute atomic E-state index is 11.7. The highest BCUT2D eigenvalue weighted by molar-refractivity contribution is 5.70. The number of anilines is 1. The molecule has 2 rings (SSSR count). The molecule has 1 unspecified atom stereocenters. The van der Waals surface area contributed by atoms with Crippen molar-refractivity contribution < 1.29 is 19.0 Å². The highest BCUT2D eigenvalue weighted by Gasteiger charge is 2.26. The van der Waals surface area contributed by atoms with Crippen molar-refractivity contribution in [3.8, 4) is 5.75 Å². The fourth-order valence-corrected chi connectivity index (χ4v) is 2.09. The van der Waals surface area contributed by atoms with Crippen LogP contribution in [0.3, 0.4) is 0 Å². The SMILES string of the molecule is COC(=O)CC1CN(c2nc[nH]c(=O)c2OC)CCO1. The minimum atomic E-state index is -0.339. The van der Waals surface area contributed by atoms with Gasteiger partial charge in [0.1, 0.15) is 0 Å². The van der Waals surface area contributed by atoms with E-state index >= 15 is 0 Å². The molecule has 0 amide bonds. The fraction of sp³-hybridized carbons (Fsp3) is 0.583. The second-order valence-corrected chi connectivity index (χ2v) is 4.31. The number of rotatable bonds is 4. The van der Waals surface area contributed by atoms with E-state index in [9.17, 15) is 9.59 Å². The molecular weight excluding hydrogens is 266 g/mol. The van der Waals surface area contributed by atoms with Crippen LogP contribution < -0.4 is 15.2 Å². The van der Waals surface area contributed by atoms with Gasteiger partial charge in [-0.1, -0.05) is 0 Å². The van der Waals surface area contributed by atoms with Gasteiger partial charge in [-0.05, 0) is 0 Å². The van der Waals surface area contributed by atoms with Crippen LogP contribution in [0.15, 0.2) is 11.1 Å². The summed E-state index contributed by atoms with van der Waals surface area (Å²) in [5.74, 6) is 0.281. The number of methoxy groups -OCH3 is 2. The van der Waals surface area contributed by atoms with Crippen molar-refractivity contribution in [1.82, 2.24) is 9.97 Å². The lowest BCUT2D eigenvalue weighted by Gasteiger charge is -2.33. The largest absolute Gasteiger partial charge is 0.489 e. The van der Waals surface area contributed by atoms with E-state index in [1.165, 1.54) is 20.5 Å². The third-order valence-corrected chi connectivity index (χ3v) is 3.06. The lowest BCUT2D eigenvalue weighted by atomic mass is 10.2. The van der Waals surface area contributed by atoms with Gasteiger partial charge in [0.15, 0.2) is 5.82 Å². The van der Waals surface area contributed by atoms with Gasteiger partial charge in [-0.25, -0.2) is 4.98 Å². The first kappa shape index (κ1) is 14.3. The Bertz CT molecular complexity index is 530. The number of nitrogens with one attached hydrogen (secondary N) is 1. The van der Waals surface area contributed by atoms with Crippen molar-refractivity contribution in [1.29, 1.82) is 0 Å². The molecule has 1 saturated heterocycles. The summed E-state index contributed by atoms with van der Waals surface area (Å²) >= 11 is 0. The quantitative estimate of drug-likeness (QED) is 0.748. The minimum Gasteiger partial charge on any atom is -0.489 e. The number of aromatic nitrogens is 2. The molecule has 1 aromatic rings. The third-order valence-electron chi connectivity index (χ3n) is 3.06. The molecule has 1 aromatic heterocycles. The Kier molecular flexibility index (Phi) is 4.57. The predicted octanol–water partition coefficient (Wildman–Crippen LogP) is -0.453. The Balaban J connectivity index is 2.15. The Morgan fingerprint density at radius 3 is 3.10 bits per heavy atom. The standard InChI is InChI=1S/C12H17N3O5/c1-18-9(16)5-8-6-15(3-4-20-8)11-10(19-2)12(17)14-7-13-11/h7-8H,3-6H2,1-2H3,(H,13,14,17). The maximum atomic E-state index is 11.7. The van der Waals surface area contributed by atoms with Crippen molar-refractivity contribution in [2.24, 2.45) is 0 Å². The molecule has 20 heavy (non-hydrogen) atoms. The Morgan fingerprint density at radius 1 is 1.60 bits per heavy atom. The summed E-state index contributed by atoms with van der Waals surface area (Å²) in [6.45, 7) is 1.46. The average molecular weight is 283 g/mol. The van der Waals surface area contributed by atoms with E-state index in [2.05, 4.69) is 14.7 Å². The molecule has 0 radical (unpaired) electrons. The van der Waals surface area contributed by atoms with Crippen LogP contribution in [0.2, 0.25) is 0 Å². The summed E-state index contributed by atoms with van der Waals surface area (Å²) in [7, 11) is 2.76. The van der Waals surface area contributed by atoms with E-state index in [1.807, 2.05) is 4.90 Å². The monoisotopic (exact) mass is 283 g/mol. The van der Waals surface area contributed by atoms with Crippen molar-refractivity contribution in [2.75, 3.05) is 38.8 Å². The molecule has 0 aliphatic carbocycles. The van der Waals surface area contributed by atoms with Crippen molar-refractivity contribution in [3.05, 3.63) is 16.7 Å². The highest BCUT2D eigenvalue weighted by atomic mass is 16.5. The minimum absolute atomic E-state index is 0.159. The van der Waals surface area contributed by atoms with Crippen LogP contribution >= 0.6 is 0 Å². The second-order valence-electron chi connectivity index (χ2n) is 4.31. The number of carbonyl (C=O) groups excluding carboxylic acids is 1. The molecule has 1 N–H and O–H groups in total. The second kappa shape index (κ2) is 6.38. The zero-order valence-electron chi connectivity index (χ0n) is 11.4. The number of morpholine rings is 1. The first-order chi connectivity index (χ1) is 9.65. The average Bonchev–Trinajstić information content (AvgIpc) is 2.47. The molecule has 1 fully saturated rings. The van der Waals surface area contributed by atoms with Crippen LogP contribution in [0.5, 0.6) is 5.75 Å². The van der Waals surface area contributed by atoms with E-state index in [1.54, 1.807) is 0 Å². The Labute approximate surface area is 115 Å². The number of esters is 1. The van der Waals surface area contributed by atoms with Gasteiger partial charge in [0.05, 0.1) is 39.7 Å². The molecule has 110 valence electrons. The Morgan fingerprint density at radius 2 is 2.40 bits per heavy atom. The molecule has 0 saturated carbocycles. The first-order valence-electron chi connectivity index (χ1n) is 6.20. The maximum Gasteiger partial charge on any atom is 0.308 e. The summed E-state index contributed by atoms with van der Waals surface area (Å²) < 4.78 is 15.2. The lowest BCUT2D eigenvalue weighted by Crippen LogP contribution is -2.44. The van der Waals surface area contributed by atoms with Crippen molar-refractivity contribution >= 4 is 11.8 Å². The van der Waals surface area contributed by atoms with Gasteiger partial charge >= 0.3 is 5.97 Å². The number of ether oxygens (including phenoxy) is 3. The molecule has 2 heterocycles. The van der Waals surface area contributed by atoms with Gasteiger partial charge in [0.25, 0.3) is 5.56 Å². The molecule has 0 aromatic carbocycles. The zero-order chi connectivity index (χ0) is 14.5. The van der Waals surface area contributed by atoms with E-state index in [4.69, 9.17) is 9.47 Å². The topological polar surface area (TPSA) is 93.8 Å². The first-order valence-corrected chi connectivity index (χ1v) is 6.20. The number of hydrogen-bond acceptors (Lipinski definition) is 7. The van der Waals surface area contributed by atoms with E-state index in [-0.39, 0.29) is 29.8 Å². The van der Waals surface area contributed by atoms with Gasteiger partial charge in [0.2, 0.25) is 5.75 Å². The van der Waals surface area contributed by atoms with Gasteiger partial charge in [0, 0.05) is 13.1 Å². The van der Waals surface area contributed by atoms with E-state index in [0.29, 0.717) is 25.5 Å². The molecule has 1 aliphatic rings. The van der Waals surface area contributed by atoms with Gasteiger partial charge in [-0.3, -0.25) is 9.59 Å². The van der Waals surface area contributed by atoms with Crippen LogP contribution in [0.25, 0.3) is 0 Å². The number of carbonyl (C=O) groups is 1. The van der Waals surface area contributed by atoms with Crippen LogP contribution in [0, 0.1) is 0 Å². The number of H-pyrrole nitrogens is 1. The van der Waals surface area contributed by atoms with Crippen molar-refractivity contribution in [2.45, 2.75) is 12.5 Å². The van der Waals surface area contributed by atoms with Crippen LogP contribution in [0.1, 0.15) is 6.42 Å². The van der Waals surface area contributed by atoms with Gasteiger partial charge in [-0.15, -0.1) is 0 Å². The third kappa shape index (κ3) is 3.08. The molecular formula is C12H17N3O5. The molecule has 8 heteroatoms. The smallest absolute Gasteiger partial charge is 0.308 e. The molecule has 0 bridgehead atoms. The number of hydrogen-bond donors (Lipinski definition) is 1. The summed E-state index contributed by atoms with van der Waals surface area (Å²) in [4.78, 5) is 31.4. The molecule has 1 atom stereocenters. The molecule has 1 aliphatic heterocycles. The van der Waals surface area contributed by atoms with E-state index in [0.717, 1.165) is 0 Å². The predicted molar refractivity (Wildman–Crippen MR) is 70.0 cm³/mol. The fourth-order valence-electron chi connectivity index (χ4n) is 2.09.